The lowest BCUT2D eigenvalue weighted by Gasteiger charge is -2.40. The molecule has 1 saturated carbocycles. The lowest BCUT2D eigenvalue weighted by molar-refractivity contribution is -0.0696. The van der Waals surface area contributed by atoms with Gasteiger partial charge < -0.3 is 15.0 Å². The van der Waals surface area contributed by atoms with Crippen LogP contribution in [0.4, 0.5) is 0 Å². The minimum Gasteiger partial charge on any atom is -0.377 e. The van der Waals surface area contributed by atoms with Gasteiger partial charge in [-0.15, -0.1) is 0 Å². The first-order valence-electron chi connectivity index (χ1n) is 5.09. The molecule has 0 amide bonds. The summed E-state index contributed by atoms with van der Waals surface area (Å²) in [7, 11) is 1.80. The van der Waals surface area contributed by atoms with Crippen molar-refractivity contribution in [2.24, 2.45) is 0 Å². The molecule has 0 unspecified atom stereocenters. The van der Waals surface area contributed by atoms with Gasteiger partial charge in [0.1, 0.15) is 5.82 Å². The molecule has 0 atom stereocenters. The molecule has 0 radical (unpaired) electrons. The number of imidazole rings is 1. The summed E-state index contributed by atoms with van der Waals surface area (Å²) in [4.78, 5) is 7.21. The molecule has 2 N–H and O–H groups in total. The van der Waals surface area contributed by atoms with E-state index in [1.54, 1.807) is 13.3 Å². The highest BCUT2D eigenvalue weighted by Crippen LogP contribution is 2.34. The predicted octanol–water partition coefficient (Wildman–Crippen LogP) is 1.07. The third-order valence-corrected chi connectivity index (χ3v) is 2.99. The Kier molecular flexibility index (Phi) is 2.84. The van der Waals surface area contributed by atoms with Gasteiger partial charge in [0.05, 0.1) is 12.1 Å². The van der Waals surface area contributed by atoms with Crippen LogP contribution in [0.3, 0.4) is 0 Å². The highest BCUT2D eigenvalue weighted by molar-refractivity contribution is 4.93. The number of aromatic amines is 1. The Bertz CT molecular complexity index is 261. The standard InChI is InChI=1S/C10H17N3O/c1-14-10(3-2-4-10)8-11-7-9-12-5-6-13-9/h5-6,11H,2-4,7-8H2,1H3,(H,12,13). The number of rotatable bonds is 5. The Balaban J connectivity index is 1.72. The van der Waals surface area contributed by atoms with Crippen molar-refractivity contribution in [3.63, 3.8) is 0 Å². The van der Waals surface area contributed by atoms with E-state index in [0.29, 0.717) is 0 Å². The van der Waals surface area contributed by atoms with E-state index >= 15 is 0 Å². The van der Waals surface area contributed by atoms with Crippen LogP contribution in [-0.2, 0) is 11.3 Å². The van der Waals surface area contributed by atoms with Crippen LogP contribution < -0.4 is 5.32 Å². The molecule has 4 nitrogen and oxygen atoms in total. The summed E-state index contributed by atoms with van der Waals surface area (Å²) >= 11 is 0. The smallest absolute Gasteiger partial charge is 0.120 e. The van der Waals surface area contributed by atoms with Crippen LogP contribution in [0.15, 0.2) is 12.4 Å². The molecule has 0 saturated heterocycles. The van der Waals surface area contributed by atoms with Gasteiger partial charge in [-0.3, -0.25) is 0 Å². The molecule has 78 valence electrons. The van der Waals surface area contributed by atoms with Crippen LogP contribution in [0.25, 0.3) is 0 Å². The van der Waals surface area contributed by atoms with E-state index < -0.39 is 0 Å². The highest BCUT2D eigenvalue weighted by Gasteiger charge is 2.36. The maximum Gasteiger partial charge on any atom is 0.120 e. The molecule has 1 fully saturated rings. The van der Waals surface area contributed by atoms with E-state index in [9.17, 15) is 0 Å². The first-order valence-corrected chi connectivity index (χ1v) is 5.09. The SMILES string of the molecule is COC1(CNCc2ncc[nH]2)CCC1. The van der Waals surface area contributed by atoms with Gasteiger partial charge in [0.15, 0.2) is 0 Å². The Morgan fingerprint density at radius 3 is 3.00 bits per heavy atom. The van der Waals surface area contributed by atoms with Crippen LogP contribution in [0.2, 0.25) is 0 Å². The fourth-order valence-corrected chi connectivity index (χ4v) is 1.83. The average molecular weight is 195 g/mol. The molecule has 1 aliphatic rings. The highest BCUT2D eigenvalue weighted by atomic mass is 16.5. The molecule has 2 rings (SSSR count). The third-order valence-electron chi connectivity index (χ3n) is 2.99. The number of hydrogen-bond acceptors (Lipinski definition) is 3. The second kappa shape index (κ2) is 4.11. The Morgan fingerprint density at radius 2 is 2.50 bits per heavy atom. The first kappa shape index (κ1) is 9.68. The van der Waals surface area contributed by atoms with Crippen molar-refractivity contribution in [3.05, 3.63) is 18.2 Å². The molecule has 1 heterocycles. The normalized spacial score (nSPS) is 19.2. The summed E-state index contributed by atoms with van der Waals surface area (Å²) in [5.41, 5.74) is 0.104. The number of hydrogen-bond donors (Lipinski definition) is 2. The summed E-state index contributed by atoms with van der Waals surface area (Å²) in [6.07, 6.45) is 7.25. The zero-order chi connectivity index (χ0) is 9.86. The largest absolute Gasteiger partial charge is 0.377 e. The van der Waals surface area contributed by atoms with Crippen molar-refractivity contribution in [2.75, 3.05) is 13.7 Å². The van der Waals surface area contributed by atoms with Gasteiger partial charge in [-0.1, -0.05) is 0 Å². The van der Waals surface area contributed by atoms with Crippen molar-refractivity contribution >= 4 is 0 Å². The fraction of sp³-hybridized carbons (Fsp3) is 0.700. The molecule has 1 aromatic rings. The minimum absolute atomic E-state index is 0.104. The van der Waals surface area contributed by atoms with Crippen molar-refractivity contribution in [2.45, 2.75) is 31.4 Å². The van der Waals surface area contributed by atoms with Gasteiger partial charge in [0, 0.05) is 26.0 Å². The summed E-state index contributed by atoms with van der Waals surface area (Å²) in [6, 6.07) is 0. The maximum absolute atomic E-state index is 5.50. The molecule has 4 heteroatoms. The van der Waals surface area contributed by atoms with E-state index in [1.165, 1.54) is 19.3 Å². The summed E-state index contributed by atoms with van der Waals surface area (Å²) in [6.45, 7) is 1.71. The number of aromatic nitrogens is 2. The van der Waals surface area contributed by atoms with Gasteiger partial charge in [-0.05, 0) is 19.3 Å². The van der Waals surface area contributed by atoms with Crippen LogP contribution >= 0.6 is 0 Å². The molecule has 0 aliphatic heterocycles. The lowest BCUT2D eigenvalue weighted by Crippen LogP contribution is -2.47. The van der Waals surface area contributed by atoms with Crippen molar-refractivity contribution in [1.29, 1.82) is 0 Å². The van der Waals surface area contributed by atoms with Gasteiger partial charge in [0.25, 0.3) is 0 Å². The average Bonchev–Trinajstić information content (AvgIpc) is 2.62. The van der Waals surface area contributed by atoms with Crippen LogP contribution in [-0.4, -0.2) is 29.2 Å². The second-order valence-corrected chi connectivity index (χ2v) is 3.88. The quantitative estimate of drug-likeness (QED) is 0.739. The minimum atomic E-state index is 0.104. The van der Waals surface area contributed by atoms with Gasteiger partial charge in [-0.25, -0.2) is 4.98 Å². The maximum atomic E-state index is 5.50. The second-order valence-electron chi connectivity index (χ2n) is 3.88. The molecular formula is C10H17N3O. The van der Waals surface area contributed by atoms with Crippen LogP contribution in [0.5, 0.6) is 0 Å². The van der Waals surface area contributed by atoms with E-state index in [0.717, 1.165) is 18.9 Å². The topological polar surface area (TPSA) is 49.9 Å². The number of ether oxygens (including phenoxy) is 1. The van der Waals surface area contributed by atoms with Crippen LogP contribution in [0.1, 0.15) is 25.1 Å². The van der Waals surface area contributed by atoms with E-state index in [4.69, 9.17) is 4.74 Å². The third kappa shape index (κ3) is 1.96. The number of nitrogens with one attached hydrogen (secondary N) is 2. The molecule has 0 aromatic carbocycles. The van der Waals surface area contributed by atoms with Gasteiger partial charge >= 0.3 is 0 Å². The van der Waals surface area contributed by atoms with Crippen molar-refractivity contribution < 1.29 is 4.74 Å². The monoisotopic (exact) mass is 195 g/mol. The predicted molar refractivity (Wildman–Crippen MR) is 53.9 cm³/mol. The molecule has 14 heavy (non-hydrogen) atoms. The van der Waals surface area contributed by atoms with Gasteiger partial charge in [-0.2, -0.15) is 0 Å². The van der Waals surface area contributed by atoms with Gasteiger partial charge in [0.2, 0.25) is 0 Å². The lowest BCUT2D eigenvalue weighted by atomic mass is 9.80. The van der Waals surface area contributed by atoms with E-state index in [2.05, 4.69) is 15.3 Å². The Hall–Kier alpha value is -0.870. The molecule has 1 aromatic heterocycles. The van der Waals surface area contributed by atoms with Crippen molar-refractivity contribution in [1.82, 2.24) is 15.3 Å². The van der Waals surface area contributed by atoms with E-state index in [-0.39, 0.29) is 5.60 Å². The zero-order valence-electron chi connectivity index (χ0n) is 8.55. The molecule has 1 aliphatic carbocycles. The number of methoxy groups -OCH3 is 1. The summed E-state index contributed by atoms with van der Waals surface area (Å²) in [5.74, 6) is 0.982. The van der Waals surface area contributed by atoms with Crippen molar-refractivity contribution in [3.8, 4) is 0 Å². The zero-order valence-corrected chi connectivity index (χ0v) is 8.55. The number of nitrogens with zero attached hydrogens (tertiary/aromatic N) is 1. The summed E-state index contributed by atoms with van der Waals surface area (Å²) in [5, 5.41) is 3.36. The number of H-pyrrole nitrogens is 1. The molecular weight excluding hydrogens is 178 g/mol. The Morgan fingerprint density at radius 1 is 1.64 bits per heavy atom. The molecule has 0 spiro atoms. The fourth-order valence-electron chi connectivity index (χ4n) is 1.83. The first-order chi connectivity index (χ1) is 6.85. The Labute approximate surface area is 84.1 Å². The summed E-state index contributed by atoms with van der Waals surface area (Å²) < 4.78 is 5.50. The van der Waals surface area contributed by atoms with Crippen LogP contribution in [0, 0.1) is 0 Å². The van der Waals surface area contributed by atoms with E-state index in [1.807, 2.05) is 6.20 Å². The molecule has 0 bridgehead atoms.